The Balaban J connectivity index is 2.22. The van der Waals surface area contributed by atoms with Crippen LogP contribution in [-0.2, 0) is 19.9 Å². The third kappa shape index (κ3) is 2.96. The lowest BCUT2D eigenvalue weighted by atomic mass is 10.0. The van der Waals surface area contributed by atoms with E-state index in [-0.39, 0.29) is 5.02 Å². The first kappa shape index (κ1) is 14.0. The molecular weight excluding hydrogens is 267 g/mol. The molecule has 0 spiro atoms. The van der Waals surface area contributed by atoms with E-state index in [0.717, 1.165) is 17.8 Å². The summed E-state index contributed by atoms with van der Waals surface area (Å²) in [7, 11) is 1.83. The lowest BCUT2D eigenvalue weighted by Gasteiger charge is -2.13. The van der Waals surface area contributed by atoms with E-state index in [1.807, 2.05) is 20.0 Å². The minimum Gasteiger partial charge on any atom is -0.388 e. The van der Waals surface area contributed by atoms with Gasteiger partial charge in [0.25, 0.3) is 0 Å². The van der Waals surface area contributed by atoms with Crippen LogP contribution >= 0.6 is 11.6 Å². The molecule has 0 aliphatic carbocycles. The molecule has 1 unspecified atom stereocenters. The van der Waals surface area contributed by atoms with Crippen LogP contribution in [0.25, 0.3) is 0 Å². The van der Waals surface area contributed by atoms with E-state index in [0.29, 0.717) is 12.0 Å². The topological polar surface area (TPSA) is 38.0 Å². The van der Waals surface area contributed by atoms with Crippen molar-refractivity contribution in [2.75, 3.05) is 0 Å². The molecule has 3 nitrogen and oxygen atoms in total. The zero-order valence-corrected chi connectivity index (χ0v) is 11.7. The molecule has 0 aliphatic heterocycles. The molecular formula is C14H16ClFN2O. The number of nitrogens with zero attached hydrogens (tertiary/aromatic N) is 2. The summed E-state index contributed by atoms with van der Waals surface area (Å²) in [6, 6.07) is 6.39. The molecule has 0 radical (unpaired) electrons. The molecule has 0 saturated carbocycles. The van der Waals surface area contributed by atoms with Crippen molar-refractivity contribution in [1.29, 1.82) is 0 Å². The SMILES string of the molecule is CCc1cc(CC(O)c2cccc(F)c2Cl)n(C)n1. The zero-order valence-electron chi connectivity index (χ0n) is 10.9. The normalized spacial score (nSPS) is 12.7. The average molecular weight is 283 g/mol. The smallest absolute Gasteiger partial charge is 0.142 e. The molecule has 1 atom stereocenters. The van der Waals surface area contributed by atoms with Gasteiger partial charge in [-0.1, -0.05) is 30.7 Å². The molecule has 2 aromatic rings. The quantitative estimate of drug-likeness (QED) is 0.936. The lowest BCUT2D eigenvalue weighted by molar-refractivity contribution is 0.175. The van der Waals surface area contributed by atoms with Crippen molar-refractivity contribution < 1.29 is 9.50 Å². The van der Waals surface area contributed by atoms with Crippen molar-refractivity contribution >= 4 is 11.6 Å². The molecule has 5 heteroatoms. The van der Waals surface area contributed by atoms with Gasteiger partial charge in [0.15, 0.2) is 0 Å². The molecule has 1 heterocycles. The summed E-state index contributed by atoms with van der Waals surface area (Å²) in [5.74, 6) is -0.516. The second kappa shape index (κ2) is 5.72. The highest BCUT2D eigenvalue weighted by atomic mass is 35.5. The van der Waals surface area contributed by atoms with Gasteiger partial charge in [-0.15, -0.1) is 0 Å². The van der Waals surface area contributed by atoms with Crippen molar-refractivity contribution in [3.63, 3.8) is 0 Å². The van der Waals surface area contributed by atoms with Gasteiger partial charge in [-0.25, -0.2) is 4.39 Å². The number of aryl methyl sites for hydroxylation is 2. The van der Waals surface area contributed by atoms with Crippen molar-refractivity contribution in [3.05, 3.63) is 52.1 Å². The van der Waals surface area contributed by atoms with Gasteiger partial charge in [0.05, 0.1) is 16.8 Å². The van der Waals surface area contributed by atoms with E-state index in [9.17, 15) is 9.50 Å². The number of halogens is 2. The summed E-state index contributed by atoms with van der Waals surface area (Å²) < 4.78 is 15.1. The monoisotopic (exact) mass is 282 g/mol. The van der Waals surface area contributed by atoms with E-state index in [4.69, 9.17) is 11.6 Å². The lowest BCUT2D eigenvalue weighted by Crippen LogP contribution is -2.07. The Labute approximate surface area is 116 Å². The summed E-state index contributed by atoms with van der Waals surface area (Å²) in [4.78, 5) is 0. The fourth-order valence-electron chi connectivity index (χ4n) is 2.02. The minimum atomic E-state index is -0.844. The van der Waals surface area contributed by atoms with Crippen LogP contribution in [0.15, 0.2) is 24.3 Å². The van der Waals surface area contributed by atoms with Gasteiger partial charge in [-0.05, 0) is 18.6 Å². The van der Waals surface area contributed by atoms with Crippen LogP contribution in [0.4, 0.5) is 4.39 Å². The maximum absolute atomic E-state index is 13.4. The number of hydrogen-bond donors (Lipinski definition) is 1. The Kier molecular flexibility index (Phi) is 4.22. The van der Waals surface area contributed by atoms with E-state index < -0.39 is 11.9 Å². The standard InChI is InChI=1S/C14H16ClFN2O/c1-3-9-7-10(18(2)17-9)8-13(19)11-5-4-6-12(16)14(11)15/h4-7,13,19H,3,8H2,1-2H3. The Morgan fingerprint density at radius 2 is 2.21 bits per heavy atom. The van der Waals surface area contributed by atoms with Crippen molar-refractivity contribution in [1.82, 2.24) is 9.78 Å². The average Bonchev–Trinajstić information content (AvgIpc) is 2.73. The van der Waals surface area contributed by atoms with Gasteiger partial charge in [0.2, 0.25) is 0 Å². The summed E-state index contributed by atoms with van der Waals surface area (Å²) in [5, 5.41) is 14.5. The fraction of sp³-hybridized carbons (Fsp3) is 0.357. The molecule has 1 aromatic heterocycles. The van der Waals surface area contributed by atoms with Gasteiger partial charge >= 0.3 is 0 Å². The second-order valence-corrected chi connectivity index (χ2v) is 4.85. The van der Waals surface area contributed by atoms with Crippen LogP contribution in [0, 0.1) is 5.82 Å². The minimum absolute atomic E-state index is 0.0205. The summed E-state index contributed by atoms with van der Waals surface area (Å²) >= 11 is 5.87. The van der Waals surface area contributed by atoms with E-state index in [1.54, 1.807) is 16.8 Å². The molecule has 2 rings (SSSR count). The highest BCUT2D eigenvalue weighted by Crippen LogP contribution is 2.27. The van der Waals surface area contributed by atoms with Crippen LogP contribution in [0.2, 0.25) is 5.02 Å². The third-order valence-electron chi connectivity index (χ3n) is 3.13. The van der Waals surface area contributed by atoms with Crippen LogP contribution in [0.3, 0.4) is 0 Å². The van der Waals surface area contributed by atoms with Gasteiger partial charge in [0, 0.05) is 24.7 Å². The zero-order chi connectivity index (χ0) is 14.0. The number of rotatable bonds is 4. The molecule has 102 valence electrons. The van der Waals surface area contributed by atoms with Crippen LogP contribution in [0.1, 0.15) is 30.0 Å². The molecule has 0 saturated heterocycles. The molecule has 0 fully saturated rings. The number of aliphatic hydroxyl groups is 1. The van der Waals surface area contributed by atoms with Crippen LogP contribution in [0.5, 0.6) is 0 Å². The maximum atomic E-state index is 13.4. The first-order valence-corrected chi connectivity index (χ1v) is 6.54. The fourth-order valence-corrected chi connectivity index (χ4v) is 2.27. The predicted octanol–water partition coefficient (Wildman–Crippen LogP) is 3.05. The summed E-state index contributed by atoms with van der Waals surface area (Å²) in [6.07, 6.45) is 0.348. The highest BCUT2D eigenvalue weighted by Gasteiger charge is 2.17. The molecule has 0 aliphatic rings. The summed E-state index contributed by atoms with van der Waals surface area (Å²) in [5.41, 5.74) is 2.26. The van der Waals surface area contributed by atoms with E-state index >= 15 is 0 Å². The van der Waals surface area contributed by atoms with Crippen molar-refractivity contribution in [2.24, 2.45) is 7.05 Å². The Bertz CT molecular complexity index is 583. The molecule has 0 bridgehead atoms. The number of benzene rings is 1. The third-order valence-corrected chi connectivity index (χ3v) is 3.53. The van der Waals surface area contributed by atoms with Gasteiger partial charge in [0.1, 0.15) is 5.82 Å². The molecule has 1 N–H and O–H groups in total. The van der Waals surface area contributed by atoms with E-state index in [1.165, 1.54) is 6.07 Å². The van der Waals surface area contributed by atoms with Gasteiger partial charge < -0.3 is 5.11 Å². The number of aliphatic hydroxyl groups excluding tert-OH is 1. The first-order chi connectivity index (χ1) is 9.02. The van der Waals surface area contributed by atoms with Crippen LogP contribution in [-0.4, -0.2) is 14.9 Å². The van der Waals surface area contributed by atoms with Crippen molar-refractivity contribution in [2.45, 2.75) is 25.9 Å². The summed E-state index contributed by atoms with van der Waals surface area (Å²) in [6.45, 7) is 2.02. The second-order valence-electron chi connectivity index (χ2n) is 4.47. The maximum Gasteiger partial charge on any atom is 0.142 e. The van der Waals surface area contributed by atoms with Crippen LogP contribution < -0.4 is 0 Å². The Hall–Kier alpha value is -1.39. The Morgan fingerprint density at radius 1 is 1.47 bits per heavy atom. The Morgan fingerprint density at radius 3 is 2.84 bits per heavy atom. The predicted molar refractivity (Wildman–Crippen MR) is 72.7 cm³/mol. The molecule has 19 heavy (non-hydrogen) atoms. The largest absolute Gasteiger partial charge is 0.388 e. The first-order valence-electron chi connectivity index (χ1n) is 6.16. The number of hydrogen-bond acceptors (Lipinski definition) is 2. The number of aromatic nitrogens is 2. The molecule has 0 amide bonds. The van der Waals surface area contributed by atoms with E-state index in [2.05, 4.69) is 5.10 Å². The highest BCUT2D eigenvalue weighted by molar-refractivity contribution is 6.31. The van der Waals surface area contributed by atoms with Gasteiger partial charge in [-0.2, -0.15) is 5.10 Å². The van der Waals surface area contributed by atoms with Gasteiger partial charge in [-0.3, -0.25) is 4.68 Å². The van der Waals surface area contributed by atoms with Crippen molar-refractivity contribution in [3.8, 4) is 0 Å². The molecule has 1 aromatic carbocycles.